The SMILES string of the molecule is CC(C)(C(=O)c1ccc(C(F)(F)F)c(F)c1)S(C)(=O)=O. The molecule has 0 fully saturated rings. The molecule has 0 radical (unpaired) electrons. The van der Waals surface area contributed by atoms with E-state index in [4.69, 9.17) is 0 Å². The van der Waals surface area contributed by atoms with E-state index in [-0.39, 0.29) is 0 Å². The molecule has 0 aromatic heterocycles. The third-order valence-electron chi connectivity index (χ3n) is 3.01. The number of hydrogen-bond acceptors (Lipinski definition) is 3. The standard InChI is InChI=1S/C12H12F4O3S/c1-11(2,20(3,18)19)10(17)7-4-5-8(9(13)6-7)12(14,15)16/h4-6H,1-3H3. The van der Waals surface area contributed by atoms with Crippen LogP contribution >= 0.6 is 0 Å². The normalized spacial score (nSPS) is 13.3. The predicted molar refractivity (Wildman–Crippen MR) is 64.7 cm³/mol. The molecule has 0 aliphatic carbocycles. The van der Waals surface area contributed by atoms with Gasteiger partial charge in [-0.2, -0.15) is 13.2 Å². The zero-order valence-electron chi connectivity index (χ0n) is 10.9. The van der Waals surface area contributed by atoms with Crippen molar-refractivity contribution in [2.75, 3.05) is 6.26 Å². The van der Waals surface area contributed by atoms with E-state index in [0.717, 1.165) is 26.2 Å². The number of halogens is 4. The number of carbonyl (C=O) groups is 1. The van der Waals surface area contributed by atoms with Crippen LogP contribution in [0.25, 0.3) is 0 Å². The summed E-state index contributed by atoms with van der Waals surface area (Å²) in [7, 11) is -3.80. The number of carbonyl (C=O) groups excluding carboxylic acids is 1. The number of ketones is 1. The van der Waals surface area contributed by atoms with Crippen molar-refractivity contribution in [2.24, 2.45) is 0 Å². The lowest BCUT2D eigenvalue weighted by Gasteiger charge is -2.21. The van der Waals surface area contributed by atoms with Gasteiger partial charge in [0.1, 0.15) is 10.6 Å². The van der Waals surface area contributed by atoms with E-state index >= 15 is 0 Å². The summed E-state index contributed by atoms with van der Waals surface area (Å²) in [5.41, 5.74) is -1.93. The van der Waals surface area contributed by atoms with E-state index in [0.29, 0.717) is 12.1 Å². The molecule has 0 saturated heterocycles. The first kappa shape index (κ1) is 16.6. The zero-order valence-corrected chi connectivity index (χ0v) is 11.7. The van der Waals surface area contributed by atoms with E-state index < -0.39 is 43.5 Å². The van der Waals surface area contributed by atoms with Crippen molar-refractivity contribution < 1.29 is 30.8 Å². The first-order chi connectivity index (χ1) is 8.78. The maximum Gasteiger partial charge on any atom is 0.419 e. The third kappa shape index (κ3) is 3.00. The summed E-state index contributed by atoms with van der Waals surface area (Å²) in [5.74, 6) is -2.58. The smallest absolute Gasteiger partial charge is 0.292 e. The number of alkyl halides is 3. The second kappa shape index (κ2) is 4.83. The van der Waals surface area contributed by atoms with Gasteiger partial charge < -0.3 is 0 Å². The fourth-order valence-corrected chi connectivity index (χ4v) is 1.86. The Hall–Kier alpha value is -1.44. The summed E-state index contributed by atoms with van der Waals surface area (Å²) in [6, 6.07) is 1.58. The molecule has 20 heavy (non-hydrogen) atoms. The van der Waals surface area contributed by atoms with Gasteiger partial charge in [-0.3, -0.25) is 4.79 Å². The summed E-state index contributed by atoms with van der Waals surface area (Å²) in [6.07, 6.45) is -4.05. The van der Waals surface area contributed by atoms with Gasteiger partial charge in [0.25, 0.3) is 0 Å². The van der Waals surface area contributed by atoms with E-state index in [1.54, 1.807) is 0 Å². The van der Waals surface area contributed by atoms with Gasteiger partial charge in [-0.15, -0.1) is 0 Å². The monoisotopic (exact) mass is 312 g/mol. The van der Waals surface area contributed by atoms with E-state index in [2.05, 4.69) is 0 Å². The average Bonchev–Trinajstić information content (AvgIpc) is 2.24. The molecule has 0 spiro atoms. The topological polar surface area (TPSA) is 51.2 Å². The molecule has 8 heteroatoms. The average molecular weight is 312 g/mol. The number of benzene rings is 1. The highest BCUT2D eigenvalue weighted by atomic mass is 32.2. The number of sulfone groups is 1. The van der Waals surface area contributed by atoms with Crippen LogP contribution in [0.3, 0.4) is 0 Å². The summed E-state index contributed by atoms with van der Waals surface area (Å²) < 4.78 is 71.6. The fraction of sp³-hybridized carbons (Fsp3) is 0.417. The van der Waals surface area contributed by atoms with Crippen LogP contribution in [0.15, 0.2) is 18.2 Å². The van der Waals surface area contributed by atoms with E-state index in [9.17, 15) is 30.8 Å². The van der Waals surface area contributed by atoms with Gasteiger partial charge in [-0.1, -0.05) is 6.07 Å². The number of rotatable bonds is 3. The Morgan fingerprint density at radius 3 is 2.00 bits per heavy atom. The van der Waals surface area contributed by atoms with E-state index in [1.165, 1.54) is 0 Å². The van der Waals surface area contributed by atoms with Crippen molar-refractivity contribution in [1.29, 1.82) is 0 Å². The molecule has 0 heterocycles. The molecule has 1 aromatic carbocycles. The van der Waals surface area contributed by atoms with Gasteiger partial charge in [0.2, 0.25) is 0 Å². The zero-order chi connectivity index (χ0) is 15.9. The lowest BCUT2D eigenvalue weighted by molar-refractivity contribution is -0.140. The van der Waals surface area contributed by atoms with Crippen LogP contribution in [0.5, 0.6) is 0 Å². The molecule has 1 aromatic rings. The Balaban J connectivity index is 3.32. The molecule has 0 unspecified atom stereocenters. The van der Waals surface area contributed by atoms with Gasteiger partial charge in [-0.05, 0) is 26.0 Å². The largest absolute Gasteiger partial charge is 0.419 e. The van der Waals surface area contributed by atoms with Gasteiger partial charge in [0.15, 0.2) is 15.6 Å². The van der Waals surface area contributed by atoms with Gasteiger partial charge in [0.05, 0.1) is 5.56 Å². The summed E-state index contributed by atoms with van der Waals surface area (Å²) in [5, 5.41) is 0. The van der Waals surface area contributed by atoms with Crippen LogP contribution in [0.1, 0.15) is 29.8 Å². The van der Waals surface area contributed by atoms with Gasteiger partial charge in [-0.25, -0.2) is 12.8 Å². The Bertz CT molecular complexity index is 645. The summed E-state index contributed by atoms with van der Waals surface area (Å²) in [4.78, 5) is 12.0. The van der Waals surface area contributed by atoms with Crippen molar-refractivity contribution >= 4 is 15.6 Å². The number of Topliss-reactive ketones (excluding diaryl/α,β-unsaturated/α-hetero) is 1. The minimum absolute atomic E-state index is 0.401. The first-order valence-corrected chi connectivity index (χ1v) is 7.29. The van der Waals surface area contributed by atoms with Crippen molar-refractivity contribution in [3.05, 3.63) is 35.1 Å². The molecule has 0 bridgehead atoms. The molecule has 3 nitrogen and oxygen atoms in total. The van der Waals surface area contributed by atoms with Crippen LogP contribution in [0.2, 0.25) is 0 Å². The third-order valence-corrected chi connectivity index (χ3v) is 5.05. The molecule has 0 N–H and O–H groups in total. The first-order valence-electron chi connectivity index (χ1n) is 5.39. The predicted octanol–water partition coefficient (Wildman–Crippen LogP) is 2.85. The molecule has 0 aliphatic heterocycles. The van der Waals surface area contributed by atoms with Crippen molar-refractivity contribution in [2.45, 2.75) is 24.8 Å². The van der Waals surface area contributed by atoms with Crippen LogP contribution in [0, 0.1) is 5.82 Å². The lowest BCUT2D eigenvalue weighted by atomic mass is 9.99. The molecule has 1 rings (SSSR count). The maximum atomic E-state index is 13.4. The minimum Gasteiger partial charge on any atom is -0.292 e. The van der Waals surface area contributed by atoms with Crippen LogP contribution in [-0.4, -0.2) is 25.2 Å². The number of hydrogen-bond donors (Lipinski definition) is 0. The van der Waals surface area contributed by atoms with Crippen molar-refractivity contribution in [3.63, 3.8) is 0 Å². The highest BCUT2D eigenvalue weighted by Crippen LogP contribution is 2.32. The Labute approximate surface area is 113 Å². The second-order valence-corrected chi connectivity index (χ2v) is 7.37. The quantitative estimate of drug-likeness (QED) is 0.637. The minimum atomic E-state index is -4.88. The summed E-state index contributed by atoms with van der Waals surface area (Å²) in [6.45, 7) is 2.22. The van der Waals surface area contributed by atoms with Crippen molar-refractivity contribution in [3.8, 4) is 0 Å². The van der Waals surface area contributed by atoms with Crippen LogP contribution in [-0.2, 0) is 16.0 Å². The lowest BCUT2D eigenvalue weighted by Crippen LogP contribution is -2.40. The highest BCUT2D eigenvalue weighted by molar-refractivity contribution is 7.92. The van der Waals surface area contributed by atoms with Crippen LogP contribution in [0.4, 0.5) is 17.6 Å². The Kier molecular flexibility index (Phi) is 4.02. The molecule has 0 saturated carbocycles. The van der Waals surface area contributed by atoms with Crippen molar-refractivity contribution in [1.82, 2.24) is 0 Å². The molecule has 0 aliphatic rings. The molecule has 0 amide bonds. The van der Waals surface area contributed by atoms with Crippen LogP contribution < -0.4 is 0 Å². The van der Waals surface area contributed by atoms with Gasteiger partial charge in [0, 0.05) is 11.8 Å². The van der Waals surface area contributed by atoms with Gasteiger partial charge >= 0.3 is 6.18 Å². The Morgan fingerprint density at radius 1 is 1.15 bits per heavy atom. The molecular weight excluding hydrogens is 300 g/mol. The second-order valence-electron chi connectivity index (χ2n) is 4.80. The van der Waals surface area contributed by atoms with E-state index in [1.807, 2.05) is 0 Å². The molecular formula is C12H12F4O3S. The molecule has 0 atom stereocenters. The highest BCUT2D eigenvalue weighted by Gasteiger charge is 2.40. The maximum absolute atomic E-state index is 13.4. The molecule has 112 valence electrons. The Morgan fingerprint density at radius 2 is 1.65 bits per heavy atom. The summed E-state index contributed by atoms with van der Waals surface area (Å²) >= 11 is 0. The fourth-order valence-electron chi connectivity index (χ4n) is 1.40.